The van der Waals surface area contributed by atoms with E-state index in [1.807, 2.05) is 38.1 Å². The zero-order valence-corrected chi connectivity index (χ0v) is 9.78. The fourth-order valence-electron chi connectivity index (χ4n) is 1.19. The van der Waals surface area contributed by atoms with Crippen molar-refractivity contribution in [2.45, 2.75) is 20.8 Å². The van der Waals surface area contributed by atoms with E-state index >= 15 is 0 Å². The molecule has 0 aliphatic rings. The van der Waals surface area contributed by atoms with Gasteiger partial charge < -0.3 is 4.74 Å². The number of hydrogen-bond acceptors (Lipinski definition) is 3. The third-order valence-electron chi connectivity index (χ3n) is 1.96. The Labute approximate surface area is 95.3 Å². The van der Waals surface area contributed by atoms with Crippen molar-refractivity contribution in [3.63, 3.8) is 0 Å². The van der Waals surface area contributed by atoms with E-state index in [0.29, 0.717) is 6.61 Å². The van der Waals surface area contributed by atoms with Crippen LogP contribution in [0.1, 0.15) is 26.3 Å². The van der Waals surface area contributed by atoms with Gasteiger partial charge in [-0.15, -0.1) is 0 Å². The number of rotatable bonds is 4. The SMILES string of the molecule is CCOc1ccc(/C(C)=N/NC(C)=O)cc1. The van der Waals surface area contributed by atoms with E-state index in [0.717, 1.165) is 17.0 Å². The van der Waals surface area contributed by atoms with E-state index in [2.05, 4.69) is 10.5 Å². The topological polar surface area (TPSA) is 50.7 Å². The number of hydrazone groups is 1. The van der Waals surface area contributed by atoms with Gasteiger partial charge in [0.05, 0.1) is 12.3 Å². The van der Waals surface area contributed by atoms with E-state index in [9.17, 15) is 4.79 Å². The molecule has 0 heterocycles. The molecule has 0 unspecified atom stereocenters. The summed E-state index contributed by atoms with van der Waals surface area (Å²) in [4.78, 5) is 10.7. The molecule has 0 aliphatic heterocycles. The lowest BCUT2D eigenvalue weighted by Gasteiger charge is -2.04. The fraction of sp³-hybridized carbons (Fsp3) is 0.333. The lowest BCUT2D eigenvalue weighted by atomic mass is 10.1. The quantitative estimate of drug-likeness (QED) is 0.622. The number of nitrogens with one attached hydrogen (secondary N) is 1. The predicted molar refractivity (Wildman–Crippen MR) is 63.6 cm³/mol. The predicted octanol–water partition coefficient (Wildman–Crippen LogP) is 1.95. The van der Waals surface area contributed by atoms with Crippen molar-refractivity contribution >= 4 is 11.6 Å². The van der Waals surface area contributed by atoms with E-state index in [-0.39, 0.29) is 5.91 Å². The Bertz CT molecular complexity index is 383. The van der Waals surface area contributed by atoms with Gasteiger partial charge >= 0.3 is 0 Å². The zero-order valence-electron chi connectivity index (χ0n) is 9.78. The first kappa shape index (κ1) is 12.2. The van der Waals surface area contributed by atoms with Crippen LogP contribution in [0.3, 0.4) is 0 Å². The summed E-state index contributed by atoms with van der Waals surface area (Å²) in [5.74, 6) is 0.656. The summed E-state index contributed by atoms with van der Waals surface area (Å²) in [6.45, 7) is 5.86. The van der Waals surface area contributed by atoms with Crippen LogP contribution in [-0.2, 0) is 4.79 Å². The fourth-order valence-corrected chi connectivity index (χ4v) is 1.19. The Balaban J connectivity index is 2.73. The number of amides is 1. The van der Waals surface area contributed by atoms with Crippen molar-refractivity contribution in [2.24, 2.45) is 5.10 Å². The summed E-state index contributed by atoms with van der Waals surface area (Å²) < 4.78 is 5.33. The standard InChI is InChI=1S/C12H16N2O2/c1-4-16-12-7-5-11(6-8-12)9(2)13-14-10(3)15/h5-8H,4H2,1-3H3,(H,14,15)/b13-9+. The average molecular weight is 220 g/mol. The monoisotopic (exact) mass is 220 g/mol. The van der Waals surface area contributed by atoms with Crippen molar-refractivity contribution in [3.05, 3.63) is 29.8 Å². The summed E-state index contributed by atoms with van der Waals surface area (Å²) in [5, 5.41) is 3.95. The smallest absolute Gasteiger partial charge is 0.236 e. The van der Waals surface area contributed by atoms with Crippen LogP contribution in [0.2, 0.25) is 0 Å². The van der Waals surface area contributed by atoms with Crippen molar-refractivity contribution in [1.82, 2.24) is 5.43 Å². The molecule has 1 N–H and O–H groups in total. The number of nitrogens with zero attached hydrogens (tertiary/aromatic N) is 1. The van der Waals surface area contributed by atoms with Crippen molar-refractivity contribution in [2.75, 3.05) is 6.61 Å². The normalized spacial score (nSPS) is 11.1. The van der Waals surface area contributed by atoms with E-state index in [1.54, 1.807) is 0 Å². The molecule has 16 heavy (non-hydrogen) atoms. The lowest BCUT2D eigenvalue weighted by Crippen LogP contribution is -2.14. The minimum Gasteiger partial charge on any atom is -0.494 e. The highest BCUT2D eigenvalue weighted by Gasteiger charge is 1.98. The Morgan fingerprint density at radius 3 is 2.44 bits per heavy atom. The molecule has 0 atom stereocenters. The van der Waals surface area contributed by atoms with E-state index < -0.39 is 0 Å². The first-order chi connectivity index (χ1) is 7.63. The van der Waals surface area contributed by atoms with Crippen LogP contribution in [0.25, 0.3) is 0 Å². The molecule has 0 spiro atoms. The average Bonchev–Trinajstić information content (AvgIpc) is 2.27. The van der Waals surface area contributed by atoms with Gasteiger partial charge in [-0.3, -0.25) is 4.79 Å². The number of carbonyl (C=O) groups is 1. The Hall–Kier alpha value is -1.84. The van der Waals surface area contributed by atoms with Gasteiger partial charge in [-0.2, -0.15) is 5.10 Å². The van der Waals surface area contributed by atoms with Crippen molar-refractivity contribution < 1.29 is 9.53 Å². The second-order valence-corrected chi connectivity index (χ2v) is 3.32. The van der Waals surface area contributed by atoms with Crippen LogP contribution in [0.15, 0.2) is 29.4 Å². The van der Waals surface area contributed by atoms with Crippen LogP contribution in [0, 0.1) is 0 Å². The third-order valence-corrected chi connectivity index (χ3v) is 1.96. The van der Waals surface area contributed by atoms with Crippen LogP contribution >= 0.6 is 0 Å². The third kappa shape index (κ3) is 3.73. The van der Waals surface area contributed by atoms with Crippen LogP contribution < -0.4 is 10.2 Å². The number of hydrogen-bond donors (Lipinski definition) is 1. The van der Waals surface area contributed by atoms with E-state index in [4.69, 9.17) is 4.74 Å². The molecule has 0 aliphatic carbocycles. The maximum Gasteiger partial charge on any atom is 0.236 e. The molecule has 0 aromatic heterocycles. The molecule has 1 aromatic rings. The molecule has 0 bridgehead atoms. The molecule has 0 fully saturated rings. The molecule has 1 amide bonds. The van der Waals surface area contributed by atoms with Gasteiger partial charge in [0, 0.05) is 6.92 Å². The molecular weight excluding hydrogens is 204 g/mol. The second kappa shape index (κ2) is 5.90. The Kier molecular flexibility index (Phi) is 4.51. The highest BCUT2D eigenvalue weighted by molar-refractivity contribution is 5.99. The van der Waals surface area contributed by atoms with Gasteiger partial charge in [-0.05, 0) is 43.7 Å². The maximum absolute atomic E-state index is 10.7. The summed E-state index contributed by atoms with van der Waals surface area (Å²) >= 11 is 0. The number of benzene rings is 1. The number of carbonyl (C=O) groups excluding carboxylic acids is 1. The van der Waals surface area contributed by atoms with Crippen LogP contribution in [0.4, 0.5) is 0 Å². The van der Waals surface area contributed by atoms with Gasteiger partial charge in [0.15, 0.2) is 0 Å². The van der Waals surface area contributed by atoms with Gasteiger partial charge in [-0.25, -0.2) is 5.43 Å². The van der Waals surface area contributed by atoms with Crippen molar-refractivity contribution in [1.29, 1.82) is 0 Å². The molecule has 0 radical (unpaired) electrons. The molecule has 1 rings (SSSR count). The first-order valence-corrected chi connectivity index (χ1v) is 5.17. The Morgan fingerprint density at radius 2 is 1.94 bits per heavy atom. The summed E-state index contributed by atoms with van der Waals surface area (Å²) in [6.07, 6.45) is 0. The summed E-state index contributed by atoms with van der Waals surface area (Å²) in [6, 6.07) is 7.58. The lowest BCUT2D eigenvalue weighted by molar-refractivity contribution is -0.118. The van der Waals surface area contributed by atoms with Gasteiger partial charge in [0.2, 0.25) is 5.91 Å². The number of ether oxygens (including phenoxy) is 1. The minimum atomic E-state index is -0.176. The summed E-state index contributed by atoms with van der Waals surface area (Å²) in [5.41, 5.74) is 4.12. The summed E-state index contributed by atoms with van der Waals surface area (Å²) in [7, 11) is 0. The molecule has 86 valence electrons. The molecule has 4 nitrogen and oxygen atoms in total. The molecule has 0 saturated heterocycles. The van der Waals surface area contributed by atoms with Gasteiger partial charge in [0.25, 0.3) is 0 Å². The molecule has 1 aromatic carbocycles. The van der Waals surface area contributed by atoms with Crippen LogP contribution in [-0.4, -0.2) is 18.2 Å². The Morgan fingerprint density at radius 1 is 1.31 bits per heavy atom. The molecular formula is C12H16N2O2. The largest absolute Gasteiger partial charge is 0.494 e. The van der Waals surface area contributed by atoms with Gasteiger partial charge in [0.1, 0.15) is 5.75 Å². The van der Waals surface area contributed by atoms with Crippen LogP contribution in [0.5, 0.6) is 5.75 Å². The van der Waals surface area contributed by atoms with E-state index in [1.165, 1.54) is 6.92 Å². The second-order valence-electron chi connectivity index (χ2n) is 3.32. The van der Waals surface area contributed by atoms with Gasteiger partial charge in [-0.1, -0.05) is 0 Å². The highest BCUT2D eigenvalue weighted by atomic mass is 16.5. The molecule has 0 saturated carbocycles. The zero-order chi connectivity index (χ0) is 12.0. The highest BCUT2D eigenvalue weighted by Crippen LogP contribution is 2.12. The first-order valence-electron chi connectivity index (χ1n) is 5.17. The maximum atomic E-state index is 10.7. The van der Waals surface area contributed by atoms with Crippen molar-refractivity contribution in [3.8, 4) is 5.75 Å². The minimum absolute atomic E-state index is 0.176. The molecule has 4 heteroatoms.